The highest BCUT2D eigenvalue weighted by Gasteiger charge is 2.16. The predicted molar refractivity (Wildman–Crippen MR) is 73.8 cm³/mol. The molecule has 17 heavy (non-hydrogen) atoms. The van der Waals surface area contributed by atoms with Gasteiger partial charge in [-0.1, -0.05) is 51.5 Å². The Bertz CT molecular complexity index is 223. The van der Waals surface area contributed by atoms with E-state index in [0.29, 0.717) is 12.1 Å². The molecule has 0 aromatic rings. The Labute approximate surface area is 106 Å². The average molecular weight is 236 g/mol. The summed E-state index contributed by atoms with van der Waals surface area (Å²) in [6.07, 6.45) is 15.1. The minimum atomic E-state index is 0.668. The molecule has 0 bridgehead atoms. The number of nitrogens with one attached hydrogen (secondary N) is 2. The molecule has 0 amide bonds. The zero-order valence-corrected chi connectivity index (χ0v) is 11.1. The predicted octanol–water partition coefficient (Wildman–Crippen LogP) is 3.69. The summed E-state index contributed by atoms with van der Waals surface area (Å²) in [6, 6.07) is 1.34. The van der Waals surface area contributed by atoms with Crippen LogP contribution >= 0.6 is 0 Å². The molecule has 2 N–H and O–H groups in total. The Morgan fingerprint density at radius 3 is 1.41 bits per heavy atom. The average Bonchev–Trinajstić information content (AvgIpc) is 2.59. The van der Waals surface area contributed by atoms with E-state index in [1.165, 1.54) is 70.6 Å². The maximum absolute atomic E-state index is 4.15. The standard InChI is InChI=1S/C15H28N2/c1-13(17-15-11-7-4-8-12-15)16-14-9-5-2-3-6-10-14/h14-17H,1-12H2. The molecule has 0 spiro atoms. The Balaban J connectivity index is 1.68. The van der Waals surface area contributed by atoms with Crippen LogP contribution in [0.5, 0.6) is 0 Å². The fraction of sp³-hybridized carbons (Fsp3) is 0.867. The second-order valence-corrected chi connectivity index (χ2v) is 5.79. The first-order valence-electron chi connectivity index (χ1n) is 7.56. The van der Waals surface area contributed by atoms with Crippen molar-refractivity contribution in [2.24, 2.45) is 0 Å². The van der Waals surface area contributed by atoms with Crippen LogP contribution in [0, 0.1) is 0 Å². The highest BCUT2D eigenvalue weighted by atomic mass is 15.1. The first kappa shape index (κ1) is 12.8. The second-order valence-electron chi connectivity index (χ2n) is 5.79. The van der Waals surface area contributed by atoms with Crippen LogP contribution in [0.4, 0.5) is 0 Å². The van der Waals surface area contributed by atoms with Crippen LogP contribution in [0.3, 0.4) is 0 Å². The fourth-order valence-electron chi connectivity index (χ4n) is 3.21. The molecule has 0 heterocycles. The largest absolute Gasteiger partial charge is 0.370 e. The number of hydrogen-bond donors (Lipinski definition) is 2. The molecule has 0 aromatic carbocycles. The summed E-state index contributed by atoms with van der Waals surface area (Å²) in [4.78, 5) is 0. The lowest BCUT2D eigenvalue weighted by atomic mass is 9.95. The third kappa shape index (κ3) is 4.61. The number of hydrogen-bond acceptors (Lipinski definition) is 2. The van der Waals surface area contributed by atoms with E-state index in [2.05, 4.69) is 17.2 Å². The minimum Gasteiger partial charge on any atom is -0.370 e. The summed E-state index contributed by atoms with van der Waals surface area (Å²) in [5.41, 5.74) is 0. The van der Waals surface area contributed by atoms with E-state index in [1.807, 2.05) is 0 Å². The Morgan fingerprint density at radius 1 is 0.647 bits per heavy atom. The zero-order chi connectivity index (χ0) is 11.9. The lowest BCUT2D eigenvalue weighted by Gasteiger charge is -2.27. The number of rotatable bonds is 4. The van der Waals surface area contributed by atoms with Gasteiger partial charge < -0.3 is 10.6 Å². The van der Waals surface area contributed by atoms with Crippen molar-refractivity contribution in [2.45, 2.75) is 82.7 Å². The summed E-state index contributed by atoms with van der Waals surface area (Å²) in [5.74, 6) is 1.07. The van der Waals surface area contributed by atoms with Gasteiger partial charge in [0.15, 0.2) is 0 Å². The summed E-state index contributed by atoms with van der Waals surface area (Å²) in [6.45, 7) is 4.15. The maximum Gasteiger partial charge on any atom is 0.0916 e. The van der Waals surface area contributed by atoms with Crippen LogP contribution in [-0.2, 0) is 0 Å². The monoisotopic (exact) mass is 236 g/mol. The van der Waals surface area contributed by atoms with Gasteiger partial charge in [0.25, 0.3) is 0 Å². The van der Waals surface area contributed by atoms with Gasteiger partial charge in [0.1, 0.15) is 0 Å². The van der Waals surface area contributed by atoms with Crippen molar-refractivity contribution in [1.29, 1.82) is 0 Å². The zero-order valence-electron chi connectivity index (χ0n) is 11.1. The molecule has 2 nitrogen and oxygen atoms in total. The van der Waals surface area contributed by atoms with Crippen molar-refractivity contribution >= 4 is 0 Å². The van der Waals surface area contributed by atoms with Crippen LogP contribution < -0.4 is 10.6 Å². The first-order chi connectivity index (χ1) is 8.34. The van der Waals surface area contributed by atoms with Crippen LogP contribution in [0.1, 0.15) is 70.6 Å². The van der Waals surface area contributed by atoms with E-state index < -0.39 is 0 Å². The molecule has 2 rings (SSSR count). The molecule has 0 atom stereocenters. The van der Waals surface area contributed by atoms with Crippen LogP contribution in [0.15, 0.2) is 12.4 Å². The van der Waals surface area contributed by atoms with Crippen molar-refractivity contribution < 1.29 is 0 Å². The van der Waals surface area contributed by atoms with Crippen molar-refractivity contribution in [2.75, 3.05) is 0 Å². The van der Waals surface area contributed by atoms with Crippen molar-refractivity contribution in [3.8, 4) is 0 Å². The summed E-state index contributed by atoms with van der Waals surface area (Å²) in [5, 5.41) is 7.18. The molecule has 2 aliphatic rings. The van der Waals surface area contributed by atoms with Gasteiger partial charge in [-0.2, -0.15) is 0 Å². The van der Waals surface area contributed by atoms with Crippen molar-refractivity contribution in [3.63, 3.8) is 0 Å². The van der Waals surface area contributed by atoms with Gasteiger partial charge in [-0.3, -0.25) is 0 Å². The van der Waals surface area contributed by atoms with Gasteiger partial charge in [0.05, 0.1) is 5.82 Å². The van der Waals surface area contributed by atoms with Gasteiger partial charge in [0, 0.05) is 12.1 Å². The van der Waals surface area contributed by atoms with Gasteiger partial charge in [-0.05, 0) is 25.7 Å². The molecule has 2 heteroatoms. The van der Waals surface area contributed by atoms with Gasteiger partial charge >= 0.3 is 0 Å². The van der Waals surface area contributed by atoms with Gasteiger partial charge in [-0.15, -0.1) is 0 Å². The molecule has 0 aromatic heterocycles. The second kappa shape index (κ2) is 6.93. The van der Waals surface area contributed by atoms with Crippen LogP contribution in [-0.4, -0.2) is 12.1 Å². The molecular formula is C15H28N2. The summed E-state index contributed by atoms with van der Waals surface area (Å²) < 4.78 is 0. The Hall–Kier alpha value is -0.660. The molecule has 0 radical (unpaired) electrons. The summed E-state index contributed by atoms with van der Waals surface area (Å²) >= 11 is 0. The molecule has 2 fully saturated rings. The first-order valence-corrected chi connectivity index (χ1v) is 7.56. The third-order valence-corrected chi connectivity index (χ3v) is 4.22. The molecule has 0 saturated heterocycles. The molecule has 0 unspecified atom stereocenters. The lowest BCUT2D eigenvalue weighted by molar-refractivity contribution is 0.377. The van der Waals surface area contributed by atoms with Crippen molar-refractivity contribution in [1.82, 2.24) is 10.6 Å². The van der Waals surface area contributed by atoms with E-state index in [9.17, 15) is 0 Å². The molecule has 0 aliphatic heterocycles. The quantitative estimate of drug-likeness (QED) is 0.727. The van der Waals surface area contributed by atoms with Crippen molar-refractivity contribution in [3.05, 3.63) is 12.4 Å². The SMILES string of the molecule is C=C(NC1CCCCCC1)NC1CCCCC1. The lowest BCUT2D eigenvalue weighted by Crippen LogP contribution is -2.39. The Kier molecular flexibility index (Phi) is 5.21. The van der Waals surface area contributed by atoms with E-state index in [4.69, 9.17) is 0 Å². The molecule has 2 saturated carbocycles. The fourth-order valence-corrected chi connectivity index (χ4v) is 3.21. The Morgan fingerprint density at radius 2 is 1.00 bits per heavy atom. The highest BCUT2D eigenvalue weighted by Crippen LogP contribution is 2.19. The van der Waals surface area contributed by atoms with Gasteiger partial charge in [0.2, 0.25) is 0 Å². The van der Waals surface area contributed by atoms with E-state index in [1.54, 1.807) is 0 Å². The normalized spacial score (nSPS) is 24.0. The maximum atomic E-state index is 4.15. The van der Waals surface area contributed by atoms with E-state index in [-0.39, 0.29) is 0 Å². The van der Waals surface area contributed by atoms with Crippen LogP contribution in [0.2, 0.25) is 0 Å². The van der Waals surface area contributed by atoms with E-state index in [0.717, 1.165) is 5.82 Å². The summed E-state index contributed by atoms with van der Waals surface area (Å²) in [7, 11) is 0. The molecule has 2 aliphatic carbocycles. The van der Waals surface area contributed by atoms with Gasteiger partial charge in [-0.25, -0.2) is 0 Å². The molecule has 98 valence electrons. The highest BCUT2D eigenvalue weighted by molar-refractivity contribution is 4.94. The van der Waals surface area contributed by atoms with E-state index >= 15 is 0 Å². The third-order valence-electron chi connectivity index (χ3n) is 4.22. The minimum absolute atomic E-state index is 0.668. The smallest absolute Gasteiger partial charge is 0.0916 e. The topological polar surface area (TPSA) is 24.1 Å². The van der Waals surface area contributed by atoms with Crippen LogP contribution in [0.25, 0.3) is 0 Å². The molecular weight excluding hydrogens is 208 g/mol.